The van der Waals surface area contributed by atoms with E-state index in [1.165, 1.54) is 6.26 Å². The molecule has 2 atom stereocenters. The van der Waals surface area contributed by atoms with Crippen molar-refractivity contribution in [3.05, 3.63) is 59.2 Å². The molecule has 1 heterocycles. The number of nitriles is 2. The molecule has 6 nitrogen and oxygen atoms in total. The molecule has 156 valence electrons. The monoisotopic (exact) mass is 423 g/mol. The van der Waals surface area contributed by atoms with Crippen LogP contribution in [0, 0.1) is 34.5 Å². The minimum atomic E-state index is -3.20. The van der Waals surface area contributed by atoms with E-state index < -0.39 is 9.84 Å². The van der Waals surface area contributed by atoms with E-state index in [4.69, 9.17) is 15.3 Å². The molecule has 1 fully saturated rings. The average Bonchev–Trinajstić information content (AvgIpc) is 3.09. The summed E-state index contributed by atoms with van der Waals surface area (Å²) in [6.45, 7) is 5.56. The fourth-order valence-corrected chi connectivity index (χ4v) is 4.41. The summed E-state index contributed by atoms with van der Waals surface area (Å²) in [7, 11) is -3.20. The lowest BCUT2D eigenvalue weighted by molar-refractivity contribution is 0.225. The molecule has 7 heteroatoms. The van der Waals surface area contributed by atoms with E-state index in [2.05, 4.69) is 24.0 Å². The molecule has 0 aromatic heterocycles. The van der Waals surface area contributed by atoms with Gasteiger partial charge in [-0.1, -0.05) is 6.92 Å². The van der Waals surface area contributed by atoms with Crippen molar-refractivity contribution < 1.29 is 13.2 Å². The Labute approximate surface area is 178 Å². The Morgan fingerprint density at radius 1 is 1.07 bits per heavy atom. The Kier molecular flexibility index (Phi) is 6.77. The predicted molar refractivity (Wildman–Crippen MR) is 114 cm³/mol. The van der Waals surface area contributed by atoms with Gasteiger partial charge in [-0.05, 0) is 60.4 Å². The molecule has 2 aromatic rings. The third kappa shape index (κ3) is 5.60. The maximum absolute atomic E-state index is 11.5. The van der Waals surface area contributed by atoms with Crippen LogP contribution in [-0.4, -0.2) is 45.8 Å². The molecule has 0 N–H and O–H groups in total. The van der Waals surface area contributed by atoms with E-state index in [9.17, 15) is 8.42 Å². The summed E-state index contributed by atoms with van der Waals surface area (Å²) in [6, 6.07) is 16.1. The first-order chi connectivity index (χ1) is 14.3. The molecule has 1 aliphatic rings. The van der Waals surface area contributed by atoms with Gasteiger partial charge in [0, 0.05) is 31.8 Å². The molecule has 0 amide bonds. The van der Waals surface area contributed by atoms with E-state index in [0.717, 1.165) is 31.6 Å². The molecule has 0 unspecified atom stereocenters. The van der Waals surface area contributed by atoms with Crippen LogP contribution in [0.3, 0.4) is 0 Å². The zero-order chi connectivity index (χ0) is 21.7. The molecular formula is C23H25N3O3S. The normalized spacial score (nSPS) is 19.2. The number of benzene rings is 2. The first kappa shape index (κ1) is 21.8. The number of rotatable bonds is 7. The van der Waals surface area contributed by atoms with Gasteiger partial charge in [0.1, 0.15) is 5.75 Å². The Balaban J connectivity index is 1.52. The van der Waals surface area contributed by atoms with Crippen molar-refractivity contribution >= 4 is 9.84 Å². The van der Waals surface area contributed by atoms with E-state index in [1.807, 2.05) is 12.1 Å². The van der Waals surface area contributed by atoms with Gasteiger partial charge in [0.05, 0.1) is 34.8 Å². The summed E-state index contributed by atoms with van der Waals surface area (Å²) < 4.78 is 29.0. The first-order valence-corrected chi connectivity index (χ1v) is 11.8. The molecule has 3 rings (SSSR count). The Bertz CT molecular complexity index is 1050. The summed E-state index contributed by atoms with van der Waals surface area (Å²) in [5, 5.41) is 18.3. The van der Waals surface area contributed by atoms with Gasteiger partial charge in [-0.15, -0.1) is 0 Å². The van der Waals surface area contributed by atoms with Crippen molar-refractivity contribution in [1.29, 1.82) is 10.5 Å². The van der Waals surface area contributed by atoms with Gasteiger partial charge in [-0.25, -0.2) is 8.42 Å². The smallest absolute Gasteiger partial charge is 0.175 e. The Morgan fingerprint density at radius 2 is 1.70 bits per heavy atom. The van der Waals surface area contributed by atoms with E-state index in [-0.39, 0.29) is 4.90 Å². The van der Waals surface area contributed by atoms with Crippen LogP contribution in [0.25, 0.3) is 0 Å². The minimum absolute atomic E-state index is 0.287. The number of hydrogen-bond acceptors (Lipinski definition) is 6. The molecule has 0 bridgehead atoms. The maximum Gasteiger partial charge on any atom is 0.175 e. The van der Waals surface area contributed by atoms with Crippen LogP contribution in [0.1, 0.15) is 23.6 Å². The first-order valence-electron chi connectivity index (χ1n) is 9.88. The Hall–Kier alpha value is -2.87. The molecule has 0 saturated carbocycles. The Morgan fingerprint density at radius 3 is 2.27 bits per heavy atom. The maximum atomic E-state index is 11.5. The quantitative estimate of drug-likeness (QED) is 0.679. The van der Waals surface area contributed by atoms with Crippen LogP contribution in [0.4, 0.5) is 0 Å². The van der Waals surface area contributed by atoms with Gasteiger partial charge >= 0.3 is 0 Å². The zero-order valence-corrected chi connectivity index (χ0v) is 18.0. The third-order valence-corrected chi connectivity index (χ3v) is 6.66. The van der Waals surface area contributed by atoms with Crippen LogP contribution in [0.2, 0.25) is 0 Å². The topological polar surface area (TPSA) is 94.2 Å². The largest absolute Gasteiger partial charge is 0.493 e. The number of nitrogens with zero attached hydrogens (tertiary/aromatic N) is 3. The second-order valence-electron chi connectivity index (χ2n) is 7.94. The van der Waals surface area contributed by atoms with Gasteiger partial charge in [-0.2, -0.15) is 10.5 Å². The summed E-state index contributed by atoms with van der Waals surface area (Å²) >= 11 is 0. The van der Waals surface area contributed by atoms with E-state index >= 15 is 0 Å². The lowest BCUT2D eigenvalue weighted by atomic mass is 9.99. The van der Waals surface area contributed by atoms with Crippen LogP contribution in [0.5, 0.6) is 5.75 Å². The van der Waals surface area contributed by atoms with Gasteiger partial charge in [-0.3, -0.25) is 0 Å². The predicted octanol–water partition coefficient (Wildman–Crippen LogP) is 3.02. The van der Waals surface area contributed by atoms with Crippen molar-refractivity contribution in [2.75, 3.05) is 32.5 Å². The van der Waals surface area contributed by atoms with Gasteiger partial charge in [0.2, 0.25) is 0 Å². The van der Waals surface area contributed by atoms with Crippen LogP contribution in [-0.2, 0) is 16.3 Å². The highest BCUT2D eigenvalue weighted by atomic mass is 32.2. The van der Waals surface area contributed by atoms with Crippen LogP contribution in [0.15, 0.2) is 47.4 Å². The van der Waals surface area contributed by atoms with Crippen LogP contribution >= 0.6 is 0 Å². The van der Waals surface area contributed by atoms with Crippen molar-refractivity contribution in [2.45, 2.75) is 18.2 Å². The van der Waals surface area contributed by atoms with E-state index in [0.29, 0.717) is 35.3 Å². The number of ether oxygens (including phenoxy) is 1. The summed E-state index contributed by atoms with van der Waals surface area (Å²) in [5.41, 5.74) is 2.04. The van der Waals surface area contributed by atoms with Gasteiger partial charge < -0.3 is 9.64 Å². The summed E-state index contributed by atoms with van der Waals surface area (Å²) in [5.74, 6) is 1.55. The minimum Gasteiger partial charge on any atom is -0.493 e. The average molecular weight is 424 g/mol. The molecule has 30 heavy (non-hydrogen) atoms. The highest BCUT2D eigenvalue weighted by Crippen LogP contribution is 2.25. The highest BCUT2D eigenvalue weighted by Gasteiger charge is 2.29. The lowest BCUT2D eigenvalue weighted by Crippen LogP contribution is -2.24. The fourth-order valence-electron chi connectivity index (χ4n) is 3.78. The summed E-state index contributed by atoms with van der Waals surface area (Å²) in [6.07, 6.45) is 1.98. The summed E-state index contributed by atoms with van der Waals surface area (Å²) in [4.78, 5) is 2.67. The number of hydrogen-bond donors (Lipinski definition) is 0. The zero-order valence-electron chi connectivity index (χ0n) is 17.2. The molecule has 0 radical (unpaired) electrons. The molecular weight excluding hydrogens is 398 g/mol. The number of likely N-dealkylation sites (tertiary alicyclic amines) is 1. The molecule has 0 spiro atoms. The molecule has 0 aliphatic carbocycles. The third-order valence-electron chi connectivity index (χ3n) is 5.53. The number of sulfone groups is 1. The SMILES string of the molecule is C[C@@H]1CN(CCc2cc(C#N)cc(C#N)c2)C[C@H]1COc1ccc(S(C)(=O)=O)cc1. The van der Waals surface area contributed by atoms with Crippen molar-refractivity contribution in [2.24, 2.45) is 11.8 Å². The van der Waals surface area contributed by atoms with Crippen molar-refractivity contribution in [3.8, 4) is 17.9 Å². The molecule has 1 saturated heterocycles. The van der Waals surface area contributed by atoms with Crippen molar-refractivity contribution in [3.63, 3.8) is 0 Å². The fraction of sp³-hybridized carbons (Fsp3) is 0.391. The second kappa shape index (κ2) is 9.30. The van der Waals surface area contributed by atoms with Crippen molar-refractivity contribution in [1.82, 2.24) is 4.90 Å². The lowest BCUT2D eigenvalue weighted by Gasteiger charge is -2.17. The second-order valence-corrected chi connectivity index (χ2v) is 9.96. The molecule has 2 aromatic carbocycles. The van der Waals surface area contributed by atoms with E-state index in [1.54, 1.807) is 30.3 Å². The molecule has 1 aliphatic heterocycles. The highest BCUT2D eigenvalue weighted by molar-refractivity contribution is 7.90. The van der Waals surface area contributed by atoms with Crippen LogP contribution < -0.4 is 4.74 Å². The van der Waals surface area contributed by atoms with Gasteiger partial charge in [0.15, 0.2) is 9.84 Å². The standard InChI is InChI=1S/C23H25N3O3S/c1-17-14-26(8-7-18-9-19(12-24)11-20(10-18)13-25)15-21(17)16-29-22-3-5-23(6-4-22)30(2,27)28/h3-6,9-11,17,21H,7-8,14-16H2,1-2H3/t17-,21+/m1/s1. The van der Waals surface area contributed by atoms with Gasteiger partial charge in [0.25, 0.3) is 0 Å².